The van der Waals surface area contributed by atoms with Crippen molar-refractivity contribution in [2.75, 3.05) is 5.32 Å². The van der Waals surface area contributed by atoms with E-state index in [1.807, 2.05) is 0 Å². The summed E-state index contributed by atoms with van der Waals surface area (Å²) in [4.78, 5) is 14.2. The van der Waals surface area contributed by atoms with Gasteiger partial charge in [0.2, 0.25) is 0 Å². The van der Waals surface area contributed by atoms with Gasteiger partial charge in [-0.25, -0.2) is 15.0 Å². The van der Waals surface area contributed by atoms with Crippen molar-refractivity contribution in [1.29, 1.82) is 0 Å². The molecule has 0 saturated carbocycles. The molecule has 0 spiro atoms. The minimum atomic E-state index is -4.41. The third-order valence-electron chi connectivity index (χ3n) is 2.93. The van der Waals surface area contributed by atoms with Gasteiger partial charge < -0.3 is 10.3 Å². The fourth-order valence-electron chi connectivity index (χ4n) is 1.95. The van der Waals surface area contributed by atoms with E-state index in [1.54, 1.807) is 12.4 Å². The number of alkyl halides is 3. The van der Waals surface area contributed by atoms with Crippen LogP contribution in [0.3, 0.4) is 0 Å². The molecule has 0 amide bonds. The third-order valence-corrected chi connectivity index (χ3v) is 2.93. The zero-order valence-corrected chi connectivity index (χ0v) is 10.6. The van der Waals surface area contributed by atoms with Crippen molar-refractivity contribution in [3.63, 3.8) is 0 Å². The number of nitrogens with one attached hydrogen (secondary N) is 2. The Morgan fingerprint density at radius 3 is 2.67 bits per heavy atom. The molecule has 108 valence electrons. The fraction of sp³-hybridized carbons (Fsp3) is 0.154. The van der Waals surface area contributed by atoms with Crippen molar-refractivity contribution < 1.29 is 13.2 Å². The van der Waals surface area contributed by atoms with Crippen molar-refractivity contribution in [3.8, 4) is 0 Å². The number of anilines is 1. The predicted octanol–water partition coefficient (Wildman–Crippen LogP) is 2.98. The van der Waals surface area contributed by atoms with Crippen LogP contribution in [0.25, 0.3) is 10.9 Å². The van der Waals surface area contributed by atoms with Crippen LogP contribution >= 0.6 is 0 Å². The first-order chi connectivity index (χ1) is 10.0. The first-order valence-corrected chi connectivity index (χ1v) is 6.07. The molecular formula is C13H10F3N5. The number of fused-ring (bicyclic) bond motifs is 1. The number of pyridine rings is 1. The molecule has 0 aliphatic heterocycles. The summed E-state index contributed by atoms with van der Waals surface area (Å²) in [7, 11) is 0. The number of hydrogen-bond donors (Lipinski definition) is 2. The zero-order chi connectivity index (χ0) is 14.9. The summed E-state index contributed by atoms with van der Waals surface area (Å²) in [5, 5.41) is 3.38. The Morgan fingerprint density at radius 1 is 1.19 bits per heavy atom. The van der Waals surface area contributed by atoms with Crippen molar-refractivity contribution in [2.45, 2.75) is 12.7 Å². The van der Waals surface area contributed by atoms with E-state index < -0.39 is 11.9 Å². The lowest BCUT2D eigenvalue weighted by Crippen LogP contribution is -2.04. The van der Waals surface area contributed by atoms with E-state index >= 15 is 0 Å². The van der Waals surface area contributed by atoms with Crippen LogP contribution in [0, 0.1) is 0 Å². The van der Waals surface area contributed by atoms with Gasteiger partial charge in [0, 0.05) is 36.1 Å². The molecule has 0 aromatic carbocycles. The van der Waals surface area contributed by atoms with E-state index in [4.69, 9.17) is 0 Å². The van der Waals surface area contributed by atoms with Gasteiger partial charge in [0.15, 0.2) is 0 Å². The molecule has 3 rings (SSSR count). The Morgan fingerprint density at radius 2 is 1.95 bits per heavy atom. The average molecular weight is 293 g/mol. The minimum Gasteiger partial charge on any atom is -0.365 e. The summed E-state index contributed by atoms with van der Waals surface area (Å²) in [5.41, 5.74) is 0.392. The van der Waals surface area contributed by atoms with Gasteiger partial charge in [0.25, 0.3) is 0 Å². The van der Waals surface area contributed by atoms with Crippen molar-refractivity contribution >= 4 is 16.7 Å². The van der Waals surface area contributed by atoms with Crippen molar-refractivity contribution in [1.82, 2.24) is 19.9 Å². The minimum absolute atomic E-state index is 0.374. The molecule has 3 aromatic rings. The molecule has 0 radical (unpaired) electrons. The van der Waals surface area contributed by atoms with Crippen LogP contribution in [-0.2, 0) is 12.7 Å². The van der Waals surface area contributed by atoms with Gasteiger partial charge in [-0.1, -0.05) is 0 Å². The van der Waals surface area contributed by atoms with E-state index in [0.717, 1.165) is 11.6 Å². The molecule has 0 fully saturated rings. The molecule has 5 nitrogen and oxygen atoms in total. The third kappa shape index (κ3) is 2.78. The maximum absolute atomic E-state index is 12.7. The number of nitrogens with zero attached hydrogens (tertiary/aromatic N) is 3. The molecule has 8 heteroatoms. The molecule has 2 N–H and O–H groups in total. The smallest absolute Gasteiger partial charge is 0.365 e. The SMILES string of the molecule is FC(F)(F)c1cc2c(NCc3cncnc3)nccc2[nH]1. The zero-order valence-electron chi connectivity index (χ0n) is 10.6. The Kier molecular flexibility index (Phi) is 3.20. The van der Waals surface area contributed by atoms with Crippen LogP contribution in [0.15, 0.2) is 37.1 Å². The quantitative estimate of drug-likeness (QED) is 0.779. The summed E-state index contributed by atoms with van der Waals surface area (Å²) in [6, 6.07) is 2.55. The van der Waals surface area contributed by atoms with Crippen molar-refractivity contribution in [3.05, 3.63) is 48.3 Å². The van der Waals surface area contributed by atoms with Gasteiger partial charge in [-0.2, -0.15) is 13.2 Å². The van der Waals surface area contributed by atoms with Gasteiger partial charge in [0.05, 0.1) is 5.52 Å². The molecule has 21 heavy (non-hydrogen) atoms. The maximum atomic E-state index is 12.7. The van der Waals surface area contributed by atoms with Gasteiger partial charge in [-0.05, 0) is 12.1 Å². The summed E-state index contributed by atoms with van der Waals surface area (Å²) in [6.07, 6.45) is 1.69. The fourth-order valence-corrected chi connectivity index (χ4v) is 1.95. The highest BCUT2D eigenvalue weighted by Gasteiger charge is 2.32. The number of aromatic nitrogens is 4. The first-order valence-electron chi connectivity index (χ1n) is 6.07. The predicted molar refractivity (Wildman–Crippen MR) is 70.5 cm³/mol. The van der Waals surface area contributed by atoms with Crippen LogP contribution in [-0.4, -0.2) is 19.9 Å². The molecule has 3 aromatic heterocycles. The van der Waals surface area contributed by atoms with E-state index in [9.17, 15) is 13.2 Å². The summed E-state index contributed by atoms with van der Waals surface area (Å²) < 4.78 is 38.2. The lowest BCUT2D eigenvalue weighted by molar-refractivity contribution is -0.140. The average Bonchev–Trinajstić information content (AvgIpc) is 2.91. The summed E-state index contributed by atoms with van der Waals surface area (Å²) in [6.45, 7) is 0.374. The van der Waals surface area contributed by atoms with Gasteiger partial charge >= 0.3 is 6.18 Å². The lowest BCUT2D eigenvalue weighted by atomic mass is 10.2. The topological polar surface area (TPSA) is 66.5 Å². The lowest BCUT2D eigenvalue weighted by Gasteiger charge is -2.05. The molecule has 3 heterocycles. The monoisotopic (exact) mass is 293 g/mol. The summed E-state index contributed by atoms with van der Waals surface area (Å²) >= 11 is 0. The number of halogens is 3. The van der Waals surface area contributed by atoms with Gasteiger partial charge in [-0.3, -0.25) is 0 Å². The molecule has 0 bridgehead atoms. The highest BCUT2D eigenvalue weighted by molar-refractivity contribution is 5.90. The Hall–Kier alpha value is -2.64. The highest BCUT2D eigenvalue weighted by Crippen LogP contribution is 2.32. The normalized spacial score (nSPS) is 11.8. The van der Waals surface area contributed by atoms with Gasteiger partial charge in [-0.15, -0.1) is 0 Å². The maximum Gasteiger partial charge on any atom is 0.431 e. The molecular weight excluding hydrogens is 283 g/mol. The Bertz CT molecular complexity index is 751. The van der Waals surface area contributed by atoms with E-state index in [-0.39, 0.29) is 0 Å². The number of hydrogen-bond acceptors (Lipinski definition) is 4. The largest absolute Gasteiger partial charge is 0.431 e. The highest BCUT2D eigenvalue weighted by atomic mass is 19.4. The molecule has 0 aliphatic carbocycles. The van der Waals surface area contributed by atoms with Crippen molar-refractivity contribution in [2.24, 2.45) is 0 Å². The Balaban J connectivity index is 1.90. The van der Waals surface area contributed by atoms with E-state index in [1.165, 1.54) is 18.6 Å². The number of H-pyrrole nitrogens is 1. The standard InChI is InChI=1S/C13H10F3N5/c14-13(15,16)11-3-9-10(21-11)1-2-19-12(9)20-6-8-4-17-7-18-5-8/h1-5,7,21H,6H2,(H,19,20). The van der Waals surface area contributed by atoms with Gasteiger partial charge in [0.1, 0.15) is 17.8 Å². The first kappa shape index (κ1) is 13.3. The molecule has 0 unspecified atom stereocenters. The van der Waals surface area contributed by atoms with E-state index in [2.05, 4.69) is 25.3 Å². The van der Waals surface area contributed by atoms with Crippen LogP contribution < -0.4 is 5.32 Å². The van der Waals surface area contributed by atoms with Crippen LogP contribution in [0.5, 0.6) is 0 Å². The second-order valence-corrected chi connectivity index (χ2v) is 4.40. The molecule has 0 aliphatic rings. The summed E-state index contributed by atoms with van der Waals surface area (Å²) in [5.74, 6) is 0.378. The van der Waals surface area contributed by atoms with Crippen LogP contribution in [0.4, 0.5) is 19.0 Å². The van der Waals surface area contributed by atoms with Crippen LogP contribution in [0.2, 0.25) is 0 Å². The number of aromatic amines is 1. The molecule has 0 saturated heterocycles. The Labute approximate surface area is 117 Å². The van der Waals surface area contributed by atoms with E-state index in [0.29, 0.717) is 23.3 Å². The number of rotatable bonds is 3. The second kappa shape index (κ2) is 5.04. The van der Waals surface area contributed by atoms with Crippen LogP contribution in [0.1, 0.15) is 11.3 Å². The molecule has 0 atom stereocenters. The second-order valence-electron chi connectivity index (χ2n) is 4.40.